The van der Waals surface area contributed by atoms with E-state index in [1.807, 2.05) is 35.8 Å². The molecule has 4 nitrogen and oxygen atoms in total. The van der Waals surface area contributed by atoms with Gasteiger partial charge in [0.25, 0.3) is 0 Å². The number of hydrogen-bond acceptors (Lipinski definition) is 4. The van der Waals surface area contributed by atoms with E-state index in [-0.39, 0.29) is 0 Å². The third-order valence-electron chi connectivity index (χ3n) is 2.64. The van der Waals surface area contributed by atoms with E-state index in [1.54, 1.807) is 0 Å². The van der Waals surface area contributed by atoms with Crippen molar-refractivity contribution in [2.75, 3.05) is 6.54 Å². The molecule has 0 amide bonds. The minimum Gasteiger partial charge on any atom is -0.359 e. The van der Waals surface area contributed by atoms with Crippen LogP contribution in [0.2, 0.25) is 0 Å². The van der Waals surface area contributed by atoms with E-state index in [9.17, 15) is 0 Å². The lowest BCUT2D eigenvalue weighted by Crippen LogP contribution is -2.19. The molecule has 1 atom stereocenters. The summed E-state index contributed by atoms with van der Waals surface area (Å²) >= 11 is 1.87. The molecule has 0 fully saturated rings. The predicted octanol–water partition coefficient (Wildman–Crippen LogP) is 2.03. The Morgan fingerprint density at radius 1 is 1.59 bits per heavy atom. The van der Waals surface area contributed by atoms with Gasteiger partial charge < -0.3 is 5.32 Å². The largest absolute Gasteiger partial charge is 0.359 e. The average molecular weight is 252 g/mol. The van der Waals surface area contributed by atoms with Crippen molar-refractivity contribution in [2.45, 2.75) is 32.1 Å². The van der Waals surface area contributed by atoms with Crippen molar-refractivity contribution >= 4 is 16.9 Å². The molecule has 1 aromatic heterocycles. The van der Waals surface area contributed by atoms with Gasteiger partial charge in [0.15, 0.2) is 5.17 Å². The summed E-state index contributed by atoms with van der Waals surface area (Å²) in [5.41, 5.74) is 1.06. The molecule has 1 aliphatic rings. The lowest BCUT2D eigenvalue weighted by molar-refractivity contribution is 0.575. The summed E-state index contributed by atoms with van der Waals surface area (Å²) in [6.45, 7) is 6.24. The fraction of sp³-hybridized carbons (Fsp3) is 0.667. The smallest absolute Gasteiger partial charge is 0.157 e. The molecule has 0 aliphatic carbocycles. The first-order chi connectivity index (χ1) is 8.13. The number of aliphatic imine (C=N–C) groups is 1. The molecule has 1 aliphatic heterocycles. The van der Waals surface area contributed by atoms with Gasteiger partial charge in [-0.1, -0.05) is 25.6 Å². The van der Waals surface area contributed by atoms with Crippen LogP contribution in [0.4, 0.5) is 0 Å². The molecule has 0 spiro atoms. The number of rotatable bonds is 4. The zero-order valence-electron chi connectivity index (χ0n) is 10.7. The van der Waals surface area contributed by atoms with Crippen LogP contribution in [0, 0.1) is 5.92 Å². The molecule has 0 saturated heterocycles. The summed E-state index contributed by atoms with van der Waals surface area (Å²) in [7, 11) is 1.93. The van der Waals surface area contributed by atoms with Crippen LogP contribution in [-0.2, 0) is 13.6 Å². The number of nitrogens with zero attached hydrogens (tertiary/aromatic N) is 3. The Labute approximate surface area is 107 Å². The van der Waals surface area contributed by atoms with Crippen LogP contribution in [-0.4, -0.2) is 26.7 Å². The summed E-state index contributed by atoms with van der Waals surface area (Å²) < 4.78 is 1.82. The van der Waals surface area contributed by atoms with Gasteiger partial charge >= 0.3 is 0 Å². The van der Waals surface area contributed by atoms with Gasteiger partial charge in [-0.05, 0) is 18.4 Å². The second kappa shape index (κ2) is 5.58. The average Bonchev–Trinajstić information content (AvgIpc) is 2.84. The molecule has 0 bridgehead atoms. The minimum absolute atomic E-state index is 0.654. The first-order valence-corrected chi connectivity index (χ1v) is 6.95. The van der Waals surface area contributed by atoms with E-state index < -0.39 is 0 Å². The molecular formula is C12H20N4S. The second-order valence-electron chi connectivity index (χ2n) is 4.85. The number of hydrogen-bond donors (Lipinski definition) is 1. The van der Waals surface area contributed by atoms with Crippen molar-refractivity contribution in [2.24, 2.45) is 18.0 Å². The van der Waals surface area contributed by atoms with Gasteiger partial charge in [0, 0.05) is 18.5 Å². The van der Waals surface area contributed by atoms with Gasteiger partial charge in [-0.15, -0.1) is 0 Å². The molecule has 1 unspecified atom stereocenters. The summed E-state index contributed by atoms with van der Waals surface area (Å²) in [5, 5.41) is 9.41. The van der Waals surface area contributed by atoms with Crippen LogP contribution in [0.5, 0.6) is 0 Å². The van der Waals surface area contributed by atoms with Crippen molar-refractivity contribution in [1.29, 1.82) is 0 Å². The van der Waals surface area contributed by atoms with E-state index >= 15 is 0 Å². The number of nitrogens with one attached hydrogen (secondary N) is 1. The zero-order valence-corrected chi connectivity index (χ0v) is 11.5. The van der Waals surface area contributed by atoms with Crippen LogP contribution >= 0.6 is 11.8 Å². The highest BCUT2D eigenvalue weighted by Crippen LogP contribution is 2.25. The predicted molar refractivity (Wildman–Crippen MR) is 73.2 cm³/mol. The molecule has 2 rings (SSSR count). The maximum absolute atomic E-state index is 4.53. The highest BCUT2D eigenvalue weighted by atomic mass is 32.2. The van der Waals surface area contributed by atoms with Crippen molar-refractivity contribution in [3.8, 4) is 0 Å². The monoisotopic (exact) mass is 252 g/mol. The Kier molecular flexibility index (Phi) is 4.10. The number of aromatic nitrogens is 2. The summed E-state index contributed by atoms with van der Waals surface area (Å²) in [6, 6.07) is 2.03. The second-order valence-corrected chi connectivity index (χ2v) is 6.14. The van der Waals surface area contributed by atoms with Gasteiger partial charge in [-0.25, -0.2) is 0 Å². The number of aryl methyl sites for hydroxylation is 1. The van der Waals surface area contributed by atoms with Crippen LogP contribution in [0.15, 0.2) is 17.3 Å². The normalized spacial score (nSPS) is 19.8. The first kappa shape index (κ1) is 12.5. The van der Waals surface area contributed by atoms with E-state index in [0.717, 1.165) is 29.9 Å². The van der Waals surface area contributed by atoms with Crippen molar-refractivity contribution < 1.29 is 0 Å². The number of thioether (sulfide) groups is 1. The zero-order chi connectivity index (χ0) is 12.3. The van der Waals surface area contributed by atoms with Crippen LogP contribution in [0.25, 0.3) is 0 Å². The molecule has 0 aromatic carbocycles. The highest BCUT2D eigenvalue weighted by molar-refractivity contribution is 8.14. The van der Waals surface area contributed by atoms with Gasteiger partial charge in [0.2, 0.25) is 0 Å². The molecule has 2 heterocycles. The van der Waals surface area contributed by atoms with E-state index in [4.69, 9.17) is 0 Å². The topological polar surface area (TPSA) is 42.2 Å². The summed E-state index contributed by atoms with van der Waals surface area (Å²) in [6.07, 6.45) is 3.20. The molecule has 0 saturated carbocycles. The van der Waals surface area contributed by atoms with Gasteiger partial charge in [-0.3, -0.25) is 9.67 Å². The SMILES string of the molecule is CC(C)CC1CN=C(NCc2ccn(C)n2)S1. The van der Waals surface area contributed by atoms with Crippen molar-refractivity contribution in [3.05, 3.63) is 18.0 Å². The van der Waals surface area contributed by atoms with E-state index in [2.05, 4.69) is 29.3 Å². The highest BCUT2D eigenvalue weighted by Gasteiger charge is 2.20. The molecule has 5 heteroatoms. The molecule has 17 heavy (non-hydrogen) atoms. The molecule has 1 aromatic rings. The fourth-order valence-corrected chi connectivity index (χ4v) is 3.14. The van der Waals surface area contributed by atoms with E-state index in [0.29, 0.717) is 5.25 Å². The molecule has 94 valence electrons. The van der Waals surface area contributed by atoms with Crippen LogP contribution < -0.4 is 5.32 Å². The Balaban J connectivity index is 1.74. The fourth-order valence-electron chi connectivity index (χ4n) is 1.89. The first-order valence-electron chi connectivity index (χ1n) is 6.07. The Bertz CT molecular complexity index is 397. The van der Waals surface area contributed by atoms with Crippen molar-refractivity contribution in [3.63, 3.8) is 0 Å². The Morgan fingerprint density at radius 2 is 2.41 bits per heavy atom. The lowest BCUT2D eigenvalue weighted by atomic mass is 10.1. The van der Waals surface area contributed by atoms with E-state index in [1.165, 1.54) is 6.42 Å². The maximum Gasteiger partial charge on any atom is 0.157 e. The Hall–Kier alpha value is -0.970. The molecule has 0 radical (unpaired) electrons. The third-order valence-corrected chi connectivity index (χ3v) is 3.81. The summed E-state index contributed by atoms with van der Waals surface area (Å²) in [5.74, 6) is 0.748. The minimum atomic E-state index is 0.654. The standard InChI is InChI=1S/C12H20N4S/c1-9(2)6-11-8-14-12(17-11)13-7-10-4-5-16(3)15-10/h4-5,9,11H,6-8H2,1-3H3,(H,13,14). The van der Waals surface area contributed by atoms with Crippen molar-refractivity contribution in [1.82, 2.24) is 15.1 Å². The quantitative estimate of drug-likeness (QED) is 0.891. The van der Waals surface area contributed by atoms with Gasteiger partial charge in [-0.2, -0.15) is 5.10 Å². The van der Waals surface area contributed by atoms with Crippen LogP contribution in [0.3, 0.4) is 0 Å². The van der Waals surface area contributed by atoms with Gasteiger partial charge in [0.05, 0.1) is 18.8 Å². The third kappa shape index (κ3) is 3.77. The Morgan fingerprint density at radius 3 is 3.06 bits per heavy atom. The lowest BCUT2D eigenvalue weighted by Gasteiger charge is -2.10. The summed E-state index contributed by atoms with van der Waals surface area (Å²) in [4.78, 5) is 4.53. The molecule has 1 N–H and O–H groups in total. The maximum atomic E-state index is 4.53. The van der Waals surface area contributed by atoms with Crippen LogP contribution in [0.1, 0.15) is 26.0 Å². The number of amidine groups is 1. The molecular weight excluding hydrogens is 232 g/mol. The van der Waals surface area contributed by atoms with Gasteiger partial charge in [0.1, 0.15) is 0 Å².